The highest BCUT2D eigenvalue weighted by atomic mass is 35.5. The summed E-state index contributed by atoms with van der Waals surface area (Å²) in [7, 11) is 1.88. The molecular formula is C11H11Cl3N4S. The number of thiophene rings is 1. The first-order chi connectivity index (χ1) is 9.01. The Morgan fingerprint density at radius 1 is 1.32 bits per heavy atom. The number of anilines is 2. The van der Waals surface area contributed by atoms with E-state index < -0.39 is 0 Å². The number of rotatable bonds is 4. The fourth-order valence-corrected chi connectivity index (χ4v) is 3.27. The van der Waals surface area contributed by atoms with E-state index in [1.54, 1.807) is 6.07 Å². The molecule has 0 bridgehead atoms. The van der Waals surface area contributed by atoms with Gasteiger partial charge in [0, 0.05) is 11.9 Å². The Morgan fingerprint density at radius 3 is 2.63 bits per heavy atom. The van der Waals surface area contributed by atoms with Crippen LogP contribution in [0.1, 0.15) is 4.88 Å². The van der Waals surface area contributed by atoms with Crippen molar-refractivity contribution in [3.63, 3.8) is 0 Å². The van der Waals surface area contributed by atoms with Crippen LogP contribution in [-0.4, -0.2) is 12.0 Å². The largest absolute Gasteiger partial charge is 0.353 e. The predicted octanol–water partition coefficient (Wildman–Crippen LogP) is 4.03. The van der Waals surface area contributed by atoms with E-state index in [0.717, 1.165) is 9.21 Å². The molecule has 102 valence electrons. The first-order valence-corrected chi connectivity index (χ1v) is 7.24. The van der Waals surface area contributed by atoms with Crippen molar-refractivity contribution < 1.29 is 0 Å². The topological polar surface area (TPSA) is 54.2 Å². The lowest BCUT2D eigenvalue weighted by molar-refractivity contribution is 0.913. The van der Waals surface area contributed by atoms with Gasteiger partial charge in [-0.1, -0.05) is 34.8 Å². The fourth-order valence-electron chi connectivity index (χ4n) is 1.57. The van der Waals surface area contributed by atoms with Crippen LogP contribution in [-0.2, 0) is 6.54 Å². The number of nitrogens with one attached hydrogen (secondary N) is 1. The lowest BCUT2D eigenvalue weighted by Crippen LogP contribution is -2.19. The van der Waals surface area contributed by atoms with Gasteiger partial charge >= 0.3 is 0 Å². The molecule has 8 heteroatoms. The number of halogens is 3. The van der Waals surface area contributed by atoms with Gasteiger partial charge in [-0.3, -0.25) is 0 Å². The van der Waals surface area contributed by atoms with Crippen molar-refractivity contribution in [2.75, 3.05) is 17.4 Å². The molecule has 4 nitrogen and oxygen atoms in total. The predicted molar refractivity (Wildman–Crippen MR) is 83.5 cm³/mol. The molecule has 3 N–H and O–H groups in total. The fraction of sp³-hybridized carbons (Fsp3) is 0.182. The van der Waals surface area contributed by atoms with E-state index in [4.69, 9.17) is 40.6 Å². The number of nitrogens with two attached hydrogens (primary N) is 1. The van der Waals surface area contributed by atoms with Crippen molar-refractivity contribution in [2.24, 2.45) is 5.84 Å². The van der Waals surface area contributed by atoms with Crippen LogP contribution in [0.4, 0.5) is 11.6 Å². The zero-order valence-corrected chi connectivity index (χ0v) is 13.0. The van der Waals surface area contributed by atoms with Gasteiger partial charge in [-0.05, 0) is 18.2 Å². The highest BCUT2D eigenvalue weighted by Gasteiger charge is 2.13. The molecule has 2 heterocycles. The number of nitrogens with zero attached hydrogens (tertiary/aromatic N) is 2. The van der Waals surface area contributed by atoms with E-state index in [2.05, 4.69) is 10.4 Å². The zero-order chi connectivity index (χ0) is 14.0. The minimum atomic E-state index is 0.379. The van der Waals surface area contributed by atoms with Crippen LogP contribution in [0.5, 0.6) is 0 Å². The second-order valence-electron chi connectivity index (χ2n) is 3.83. The van der Waals surface area contributed by atoms with Crippen LogP contribution >= 0.6 is 46.1 Å². The Morgan fingerprint density at radius 2 is 2.05 bits per heavy atom. The Balaban J connectivity index is 2.25. The van der Waals surface area contributed by atoms with Gasteiger partial charge in [0.2, 0.25) is 0 Å². The monoisotopic (exact) mass is 336 g/mol. The van der Waals surface area contributed by atoms with Crippen LogP contribution in [0.3, 0.4) is 0 Å². The minimum Gasteiger partial charge on any atom is -0.353 e. The van der Waals surface area contributed by atoms with Crippen LogP contribution in [0.2, 0.25) is 14.4 Å². The van der Waals surface area contributed by atoms with Gasteiger partial charge < -0.3 is 10.3 Å². The second kappa shape index (κ2) is 6.15. The number of hydrogen-bond donors (Lipinski definition) is 2. The third-order valence-electron chi connectivity index (χ3n) is 2.43. The number of hydrogen-bond acceptors (Lipinski definition) is 5. The molecule has 0 aliphatic carbocycles. The molecule has 2 aromatic heterocycles. The third kappa shape index (κ3) is 3.43. The molecule has 0 saturated heterocycles. The smallest absolute Gasteiger partial charge is 0.161 e. The van der Waals surface area contributed by atoms with Crippen LogP contribution in [0.25, 0.3) is 0 Å². The second-order valence-corrected chi connectivity index (χ2v) is 6.44. The quantitative estimate of drug-likeness (QED) is 0.653. The van der Waals surface area contributed by atoms with Crippen molar-refractivity contribution in [3.05, 3.63) is 37.5 Å². The van der Waals surface area contributed by atoms with Crippen LogP contribution < -0.4 is 16.2 Å². The molecule has 0 aliphatic rings. The zero-order valence-electron chi connectivity index (χ0n) is 9.95. The van der Waals surface area contributed by atoms with E-state index in [0.29, 0.717) is 28.2 Å². The Bertz CT molecular complexity index is 587. The standard InChI is InChI=1S/C11H11Cl3N4S/c1-18(5-6-2-3-9(14)19-6)11-8(13)4-7(12)10(16-11)17-15/h2-4H,5,15H2,1H3,(H,16,17). The van der Waals surface area contributed by atoms with Crippen molar-refractivity contribution in [2.45, 2.75) is 6.54 Å². The van der Waals surface area contributed by atoms with E-state index in [1.165, 1.54) is 11.3 Å². The van der Waals surface area contributed by atoms with Crippen LogP contribution in [0.15, 0.2) is 18.2 Å². The Hall–Kier alpha value is -0.720. The molecule has 0 aliphatic heterocycles. The van der Waals surface area contributed by atoms with Gasteiger partial charge in [-0.2, -0.15) is 0 Å². The summed E-state index contributed by atoms with van der Waals surface area (Å²) in [5.41, 5.74) is 2.44. The SMILES string of the molecule is CN(Cc1ccc(Cl)s1)c1nc(NN)c(Cl)cc1Cl. The lowest BCUT2D eigenvalue weighted by atomic mass is 10.4. The number of pyridine rings is 1. The van der Waals surface area contributed by atoms with Crippen molar-refractivity contribution in [1.29, 1.82) is 0 Å². The summed E-state index contributed by atoms with van der Waals surface area (Å²) in [6.07, 6.45) is 0. The summed E-state index contributed by atoms with van der Waals surface area (Å²) >= 11 is 19.5. The molecule has 2 rings (SSSR count). The number of hydrazine groups is 1. The summed E-state index contributed by atoms with van der Waals surface area (Å²) < 4.78 is 0.753. The number of aromatic nitrogens is 1. The molecule has 2 aromatic rings. The molecule has 0 amide bonds. The molecule has 0 fully saturated rings. The first-order valence-electron chi connectivity index (χ1n) is 5.29. The highest BCUT2D eigenvalue weighted by molar-refractivity contribution is 7.16. The van der Waals surface area contributed by atoms with Crippen LogP contribution in [0, 0.1) is 0 Å². The van der Waals surface area contributed by atoms with Gasteiger partial charge in [-0.15, -0.1) is 11.3 Å². The summed E-state index contributed by atoms with van der Waals surface area (Å²) in [6.45, 7) is 0.649. The molecule has 0 unspecified atom stereocenters. The van der Waals surface area contributed by atoms with Gasteiger partial charge in [0.05, 0.1) is 20.9 Å². The molecule has 0 saturated carbocycles. The van der Waals surface area contributed by atoms with Crippen molar-refractivity contribution >= 4 is 57.8 Å². The maximum atomic E-state index is 6.14. The van der Waals surface area contributed by atoms with Gasteiger partial charge in [-0.25, -0.2) is 10.8 Å². The van der Waals surface area contributed by atoms with Crippen molar-refractivity contribution in [3.8, 4) is 0 Å². The highest BCUT2D eigenvalue weighted by Crippen LogP contribution is 2.32. The maximum Gasteiger partial charge on any atom is 0.161 e. The van der Waals surface area contributed by atoms with E-state index in [-0.39, 0.29) is 0 Å². The van der Waals surface area contributed by atoms with E-state index >= 15 is 0 Å². The number of nitrogen functional groups attached to an aromatic ring is 1. The molecular weight excluding hydrogens is 327 g/mol. The van der Waals surface area contributed by atoms with E-state index in [1.807, 2.05) is 24.1 Å². The average molecular weight is 338 g/mol. The summed E-state index contributed by atoms with van der Waals surface area (Å²) in [5.74, 6) is 6.34. The molecule has 0 atom stereocenters. The summed E-state index contributed by atoms with van der Waals surface area (Å²) in [5, 5.41) is 0.845. The third-order valence-corrected chi connectivity index (χ3v) is 4.21. The normalized spacial score (nSPS) is 10.6. The Labute approximate surface area is 130 Å². The molecule has 0 spiro atoms. The molecule has 19 heavy (non-hydrogen) atoms. The first kappa shape index (κ1) is 14.7. The molecule has 0 radical (unpaired) electrons. The van der Waals surface area contributed by atoms with Crippen molar-refractivity contribution in [1.82, 2.24) is 4.98 Å². The van der Waals surface area contributed by atoms with Gasteiger partial charge in [0.25, 0.3) is 0 Å². The Kier molecular flexibility index (Phi) is 4.76. The minimum absolute atomic E-state index is 0.379. The molecule has 0 aromatic carbocycles. The lowest BCUT2D eigenvalue weighted by Gasteiger charge is -2.19. The summed E-state index contributed by atoms with van der Waals surface area (Å²) in [6, 6.07) is 5.44. The average Bonchev–Trinajstić information content (AvgIpc) is 2.74. The van der Waals surface area contributed by atoms with E-state index in [9.17, 15) is 0 Å². The van der Waals surface area contributed by atoms with Gasteiger partial charge in [0.1, 0.15) is 5.82 Å². The maximum absolute atomic E-state index is 6.14. The van der Waals surface area contributed by atoms with Gasteiger partial charge in [0.15, 0.2) is 5.82 Å². The summed E-state index contributed by atoms with van der Waals surface area (Å²) in [4.78, 5) is 7.31.